The lowest BCUT2D eigenvalue weighted by Gasteiger charge is -2.22. The molecule has 0 bridgehead atoms. The molecule has 2 rings (SSSR count). The highest BCUT2D eigenvalue weighted by atomic mass is 32.2. The molecule has 13 heteroatoms. The van der Waals surface area contributed by atoms with Crippen molar-refractivity contribution in [1.82, 2.24) is 21.3 Å². The number of esters is 1. The number of nitrogens with two attached hydrogens (primary N) is 1. The third-order valence-electron chi connectivity index (χ3n) is 7.63. The predicted molar refractivity (Wildman–Crippen MR) is 183 cm³/mol. The Bertz CT molecular complexity index is 1320. The second-order valence-corrected chi connectivity index (χ2v) is 12.4. The van der Waals surface area contributed by atoms with E-state index in [-0.39, 0.29) is 30.5 Å². The number of ether oxygens (including phenoxy) is 1. The van der Waals surface area contributed by atoms with Crippen molar-refractivity contribution in [2.75, 3.05) is 32.2 Å². The van der Waals surface area contributed by atoms with Crippen molar-refractivity contribution >= 4 is 41.4 Å². The minimum absolute atomic E-state index is 0.135. The van der Waals surface area contributed by atoms with Gasteiger partial charge in [-0.1, -0.05) is 36.8 Å². The summed E-state index contributed by atoms with van der Waals surface area (Å²) in [5, 5.41) is 20.7. The van der Waals surface area contributed by atoms with E-state index in [1.807, 2.05) is 50.4 Å². The fourth-order valence-corrected chi connectivity index (χ4v) is 5.46. The Morgan fingerprint density at radius 2 is 1.53 bits per heavy atom. The molecule has 0 aliphatic carbocycles. The van der Waals surface area contributed by atoms with Gasteiger partial charge in [0.15, 0.2) is 0 Å². The Kier molecular flexibility index (Phi) is 17.4. The summed E-state index contributed by atoms with van der Waals surface area (Å²) in [6, 6.07) is 9.74. The van der Waals surface area contributed by atoms with Crippen LogP contribution in [-0.4, -0.2) is 85.0 Å². The van der Waals surface area contributed by atoms with E-state index in [9.17, 15) is 29.1 Å². The first-order valence-electron chi connectivity index (χ1n) is 15.7. The van der Waals surface area contributed by atoms with E-state index in [0.29, 0.717) is 38.0 Å². The van der Waals surface area contributed by atoms with Crippen LogP contribution in [0.25, 0.3) is 0 Å². The fourth-order valence-electron chi connectivity index (χ4n) is 4.99. The third-order valence-corrected chi connectivity index (χ3v) is 8.27. The van der Waals surface area contributed by atoms with Gasteiger partial charge in [-0.3, -0.25) is 24.0 Å². The summed E-state index contributed by atoms with van der Waals surface area (Å²) in [4.78, 5) is 63.4. The van der Waals surface area contributed by atoms with E-state index in [2.05, 4.69) is 26.0 Å². The summed E-state index contributed by atoms with van der Waals surface area (Å²) < 4.78 is 4.64. The van der Waals surface area contributed by atoms with E-state index in [0.717, 1.165) is 28.7 Å². The Labute approximate surface area is 281 Å². The summed E-state index contributed by atoms with van der Waals surface area (Å²) >= 11 is 1.51. The van der Waals surface area contributed by atoms with Gasteiger partial charge in [0.1, 0.15) is 17.8 Å². The van der Waals surface area contributed by atoms with Crippen LogP contribution in [0.15, 0.2) is 42.5 Å². The van der Waals surface area contributed by atoms with Gasteiger partial charge < -0.3 is 36.8 Å². The van der Waals surface area contributed by atoms with E-state index < -0.39 is 42.4 Å². The molecule has 0 unspecified atom stereocenters. The molecule has 0 aliphatic heterocycles. The number of carbonyl (C=O) groups excluding carboxylic acids is 5. The zero-order valence-corrected chi connectivity index (χ0v) is 28.5. The first-order valence-corrected chi connectivity index (χ1v) is 17.1. The summed E-state index contributed by atoms with van der Waals surface area (Å²) in [5.41, 5.74) is 9.53. The Morgan fingerprint density at radius 1 is 0.872 bits per heavy atom. The highest BCUT2D eigenvalue weighted by Crippen LogP contribution is 2.22. The highest BCUT2D eigenvalue weighted by molar-refractivity contribution is 7.98. The van der Waals surface area contributed by atoms with Crippen molar-refractivity contribution in [3.63, 3.8) is 0 Å². The van der Waals surface area contributed by atoms with E-state index in [1.165, 1.54) is 18.9 Å². The number of methoxy groups -OCH3 is 1. The van der Waals surface area contributed by atoms with Crippen molar-refractivity contribution in [3.8, 4) is 5.75 Å². The minimum Gasteiger partial charge on any atom is -0.508 e. The first kappa shape index (κ1) is 39.1. The third kappa shape index (κ3) is 14.5. The molecule has 0 saturated heterocycles. The molecule has 0 aromatic heterocycles. The average molecular weight is 672 g/mol. The van der Waals surface area contributed by atoms with Gasteiger partial charge in [0, 0.05) is 19.4 Å². The van der Waals surface area contributed by atoms with Gasteiger partial charge in [-0.05, 0) is 85.9 Å². The van der Waals surface area contributed by atoms with Gasteiger partial charge in [0.2, 0.25) is 23.6 Å². The maximum absolute atomic E-state index is 13.1. The predicted octanol–water partition coefficient (Wildman–Crippen LogP) is 1.81. The van der Waals surface area contributed by atoms with E-state index in [1.54, 1.807) is 12.1 Å². The first-order chi connectivity index (χ1) is 22.4. The molecular formula is C34H49N5O7S. The Balaban J connectivity index is 1.96. The molecule has 258 valence electrons. The van der Waals surface area contributed by atoms with Crippen molar-refractivity contribution in [3.05, 3.63) is 64.7 Å². The van der Waals surface area contributed by atoms with Gasteiger partial charge >= 0.3 is 5.97 Å². The molecule has 0 heterocycles. The van der Waals surface area contributed by atoms with Crippen LogP contribution in [0.4, 0.5) is 0 Å². The van der Waals surface area contributed by atoms with Crippen LogP contribution in [0.3, 0.4) is 0 Å². The number of thioether (sulfide) groups is 1. The number of benzene rings is 2. The van der Waals surface area contributed by atoms with Gasteiger partial charge in [-0.25, -0.2) is 0 Å². The fraction of sp³-hybridized carbons (Fsp3) is 0.500. The summed E-state index contributed by atoms with van der Waals surface area (Å²) in [6.45, 7) is 3.64. The van der Waals surface area contributed by atoms with Gasteiger partial charge in [-0.15, -0.1) is 0 Å². The largest absolute Gasteiger partial charge is 0.508 e. The maximum atomic E-state index is 13.1. The summed E-state index contributed by atoms with van der Waals surface area (Å²) in [6.07, 6.45) is 5.03. The van der Waals surface area contributed by atoms with Crippen LogP contribution in [0, 0.1) is 13.8 Å². The molecule has 0 saturated carbocycles. The van der Waals surface area contributed by atoms with Crippen LogP contribution >= 0.6 is 11.8 Å². The van der Waals surface area contributed by atoms with Crippen LogP contribution in [0.2, 0.25) is 0 Å². The smallest absolute Gasteiger partial charge is 0.305 e. The van der Waals surface area contributed by atoms with Crippen LogP contribution in [0.1, 0.15) is 54.4 Å². The van der Waals surface area contributed by atoms with Crippen LogP contribution in [-0.2, 0) is 41.6 Å². The maximum Gasteiger partial charge on any atom is 0.305 e. The number of aromatic hydroxyl groups is 1. The van der Waals surface area contributed by atoms with Crippen molar-refractivity contribution in [1.29, 1.82) is 0 Å². The number of phenolic OH excluding ortho intramolecular Hbond substituents is 1. The quantitative estimate of drug-likeness (QED) is 0.0901. The number of hydrogen-bond donors (Lipinski definition) is 6. The zero-order chi connectivity index (χ0) is 34.8. The van der Waals surface area contributed by atoms with Gasteiger partial charge in [-0.2, -0.15) is 11.8 Å². The molecule has 2 aromatic carbocycles. The van der Waals surface area contributed by atoms with E-state index in [4.69, 9.17) is 5.73 Å². The SMILES string of the molecule is COC(=O)CCCCCNC(=O)[C@H](Cc1ccccc1)NC(=O)CNC(=O)[C@@H](CCSC)NC(=O)[C@H](N)Cc1c(C)cc(O)cc1C. The molecule has 0 fully saturated rings. The lowest BCUT2D eigenvalue weighted by Crippen LogP contribution is -2.54. The van der Waals surface area contributed by atoms with Crippen LogP contribution in [0.5, 0.6) is 5.75 Å². The molecule has 2 aromatic rings. The summed E-state index contributed by atoms with van der Waals surface area (Å²) in [5.74, 6) is -1.52. The number of aryl methyl sites for hydroxylation is 2. The van der Waals surface area contributed by atoms with Crippen LogP contribution < -0.4 is 27.0 Å². The number of rotatable bonds is 20. The Morgan fingerprint density at radius 3 is 2.17 bits per heavy atom. The van der Waals surface area contributed by atoms with Crippen molar-refractivity contribution in [2.24, 2.45) is 5.73 Å². The lowest BCUT2D eigenvalue weighted by molar-refractivity contribution is -0.140. The van der Waals surface area contributed by atoms with E-state index >= 15 is 0 Å². The zero-order valence-electron chi connectivity index (χ0n) is 27.7. The lowest BCUT2D eigenvalue weighted by atomic mass is 9.96. The Hall–Kier alpha value is -4.10. The second-order valence-electron chi connectivity index (χ2n) is 11.4. The molecule has 7 N–H and O–H groups in total. The highest BCUT2D eigenvalue weighted by Gasteiger charge is 2.26. The molecule has 0 spiro atoms. The molecule has 0 aliphatic rings. The summed E-state index contributed by atoms with van der Waals surface area (Å²) in [7, 11) is 1.34. The number of phenols is 1. The number of amides is 4. The average Bonchev–Trinajstić information content (AvgIpc) is 3.04. The molecule has 4 amide bonds. The number of carbonyl (C=O) groups is 5. The molecule has 0 radical (unpaired) electrons. The number of nitrogens with one attached hydrogen (secondary N) is 4. The van der Waals surface area contributed by atoms with Crippen molar-refractivity contribution < 1.29 is 33.8 Å². The molecule has 3 atom stereocenters. The van der Waals surface area contributed by atoms with Gasteiger partial charge in [0.05, 0.1) is 19.7 Å². The van der Waals surface area contributed by atoms with Gasteiger partial charge in [0.25, 0.3) is 0 Å². The molecular weight excluding hydrogens is 622 g/mol. The minimum atomic E-state index is -0.935. The standard InChI is InChI=1S/C34H49N5O7S/c1-22-17-25(40)18-23(2)26(22)20-27(35)32(43)39-28(14-16-47-4)33(44)37-21-30(41)38-29(19-24-11-7-5-8-12-24)34(45)36-15-10-6-9-13-31(42)46-3/h5,7-8,11-12,17-18,27-29,40H,6,9-10,13-16,19-21,35H2,1-4H3,(H,36,45)(H,37,44)(H,38,41)(H,39,43)/t27-,28-,29+/m1/s1. The normalized spacial score (nSPS) is 12.7. The molecule has 12 nitrogen and oxygen atoms in total. The number of hydrogen-bond acceptors (Lipinski definition) is 9. The second kappa shape index (κ2) is 20.9. The molecule has 47 heavy (non-hydrogen) atoms. The van der Waals surface area contributed by atoms with Crippen molar-refractivity contribution in [2.45, 2.75) is 76.9 Å². The monoisotopic (exact) mass is 671 g/mol. The topological polar surface area (TPSA) is 189 Å². The number of unbranched alkanes of at least 4 members (excludes halogenated alkanes) is 2.